The van der Waals surface area contributed by atoms with Gasteiger partial charge in [0.05, 0.1) is 28.4 Å². The molecule has 0 saturated carbocycles. The summed E-state index contributed by atoms with van der Waals surface area (Å²) in [5, 5.41) is 9.43. The summed E-state index contributed by atoms with van der Waals surface area (Å²) in [7, 11) is 1.90. The lowest BCUT2D eigenvalue weighted by Gasteiger charge is -2.06. The van der Waals surface area contributed by atoms with E-state index in [1.807, 2.05) is 53.7 Å². The van der Waals surface area contributed by atoms with Crippen LogP contribution in [0.2, 0.25) is 0 Å². The van der Waals surface area contributed by atoms with Crippen molar-refractivity contribution in [3.8, 4) is 17.2 Å². The highest BCUT2D eigenvalue weighted by Crippen LogP contribution is 2.29. The fraction of sp³-hybridized carbons (Fsp3) is 0.0588. The Balaban J connectivity index is 1.81. The van der Waals surface area contributed by atoms with Crippen LogP contribution in [0.3, 0.4) is 0 Å². The molecule has 0 fully saturated rings. The number of para-hydroxylation sites is 2. The van der Waals surface area contributed by atoms with Crippen molar-refractivity contribution >= 4 is 33.3 Å². The lowest BCUT2D eigenvalue weighted by molar-refractivity contribution is 0.768. The van der Waals surface area contributed by atoms with Crippen LogP contribution in [0.15, 0.2) is 53.7 Å². The number of imidazole rings is 1. The molecular formula is C17H12N6S. The Kier molecular flexibility index (Phi) is 2.77. The van der Waals surface area contributed by atoms with Gasteiger partial charge < -0.3 is 0 Å². The summed E-state index contributed by atoms with van der Waals surface area (Å²) in [6.07, 6.45) is 5.57. The molecule has 7 heteroatoms. The zero-order valence-corrected chi connectivity index (χ0v) is 13.6. The monoisotopic (exact) mass is 332 g/mol. The third kappa shape index (κ3) is 1.95. The van der Waals surface area contributed by atoms with Crippen molar-refractivity contribution in [2.45, 2.75) is 0 Å². The van der Waals surface area contributed by atoms with Crippen LogP contribution in [0.4, 0.5) is 0 Å². The quantitative estimate of drug-likeness (QED) is 0.497. The molecule has 4 aromatic heterocycles. The van der Waals surface area contributed by atoms with Gasteiger partial charge in [0.1, 0.15) is 6.33 Å². The van der Waals surface area contributed by atoms with Crippen molar-refractivity contribution in [2.24, 2.45) is 7.05 Å². The van der Waals surface area contributed by atoms with Crippen molar-refractivity contribution < 1.29 is 0 Å². The van der Waals surface area contributed by atoms with E-state index >= 15 is 0 Å². The minimum atomic E-state index is 0.619. The van der Waals surface area contributed by atoms with E-state index in [0.29, 0.717) is 5.95 Å². The number of hydrogen-bond donors (Lipinski definition) is 0. The first-order chi connectivity index (χ1) is 11.8. The molecule has 1 aromatic carbocycles. The van der Waals surface area contributed by atoms with Crippen molar-refractivity contribution in [1.29, 1.82) is 0 Å². The van der Waals surface area contributed by atoms with Gasteiger partial charge in [-0.15, -0.1) is 11.3 Å². The average Bonchev–Trinajstić information content (AvgIpc) is 3.32. The van der Waals surface area contributed by atoms with E-state index < -0.39 is 0 Å². The summed E-state index contributed by atoms with van der Waals surface area (Å²) in [6, 6.07) is 7.97. The van der Waals surface area contributed by atoms with Gasteiger partial charge >= 0.3 is 0 Å². The molecule has 0 N–H and O–H groups in total. The van der Waals surface area contributed by atoms with Gasteiger partial charge in [-0.25, -0.2) is 15.0 Å². The summed E-state index contributed by atoms with van der Waals surface area (Å²) in [5.74, 6) is 0.619. The summed E-state index contributed by atoms with van der Waals surface area (Å²) < 4.78 is 3.70. The number of aryl methyl sites for hydroxylation is 1. The SMILES string of the molecule is Cn1cc(-c2nc(-n3cnc4ccccc43)nc3cscc23)cn1. The molecule has 0 amide bonds. The van der Waals surface area contributed by atoms with Gasteiger partial charge in [-0.05, 0) is 12.1 Å². The predicted molar refractivity (Wildman–Crippen MR) is 94.2 cm³/mol. The third-order valence-corrected chi connectivity index (χ3v) is 4.71. The number of hydrogen-bond acceptors (Lipinski definition) is 5. The minimum Gasteiger partial charge on any atom is -0.275 e. The smallest absolute Gasteiger partial charge is 0.236 e. The molecule has 6 nitrogen and oxygen atoms in total. The highest BCUT2D eigenvalue weighted by atomic mass is 32.1. The van der Waals surface area contributed by atoms with Gasteiger partial charge in [0.25, 0.3) is 0 Å². The van der Waals surface area contributed by atoms with Crippen LogP contribution in [-0.4, -0.2) is 29.3 Å². The molecule has 0 atom stereocenters. The zero-order valence-electron chi connectivity index (χ0n) is 12.8. The molecule has 24 heavy (non-hydrogen) atoms. The molecular weight excluding hydrogens is 320 g/mol. The molecule has 0 unspecified atom stereocenters. The van der Waals surface area contributed by atoms with Gasteiger partial charge in [0.2, 0.25) is 5.95 Å². The van der Waals surface area contributed by atoms with Crippen LogP contribution in [-0.2, 0) is 7.05 Å². The van der Waals surface area contributed by atoms with Gasteiger partial charge in [-0.3, -0.25) is 9.25 Å². The molecule has 0 spiro atoms. The van der Waals surface area contributed by atoms with Crippen LogP contribution in [0.1, 0.15) is 0 Å². The number of rotatable bonds is 2. The summed E-state index contributed by atoms with van der Waals surface area (Å²) >= 11 is 1.62. The first kappa shape index (κ1) is 13.4. The fourth-order valence-electron chi connectivity index (χ4n) is 2.84. The topological polar surface area (TPSA) is 61.4 Å². The van der Waals surface area contributed by atoms with E-state index in [4.69, 9.17) is 9.97 Å². The van der Waals surface area contributed by atoms with Crippen molar-refractivity contribution in [1.82, 2.24) is 29.3 Å². The van der Waals surface area contributed by atoms with Gasteiger partial charge in [0, 0.05) is 35.0 Å². The second-order valence-corrected chi connectivity index (χ2v) is 6.29. The number of thiophene rings is 1. The second kappa shape index (κ2) is 4.97. The van der Waals surface area contributed by atoms with E-state index in [-0.39, 0.29) is 0 Å². The Labute approximate surface area is 141 Å². The summed E-state index contributed by atoms with van der Waals surface area (Å²) in [6.45, 7) is 0. The Morgan fingerprint density at radius 1 is 1.04 bits per heavy atom. The first-order valence-electron chi connectivity index (χ1n) is 7.45. The fourth-order valence-corrected chi connectivity index (χ4v) is 3.58. The Bertz CT molecular complexity index is 1180. The van der Waals surface area contributed by atoms with E-state index in [1.54, 1.807) is 22.3 Å². The molecule has 0 aliphatic heterocycles. The summed E-state index contributed by atoms with van der Waals surface area (Å²) in [4.78, 5) is 14.0. The van der Waals surface area contributed by atoms with Crippen LogP contribution < -0.4 is 0 Å². The maximum absolute atomic E-state index is 4.81. The normalized spacial score (nSPS) is 11.5. The van der Waals surface area contributed by atoms with E-state index in [9.17, 15) is 0 Å². The van der Waals surface area contributed by atoms with Gasteiger partial charge in [-0.1, -0.05) is 12.1 Å². The average molecular weight is 332 g/mol. The number of aromatic nitrogens is 6. The maximum atomic E-state index is 4.81. The highest BCUT2D eigenvalue weighted by molar-refractivity contribution is 7.09. The molecule has 4 heterocycles. The van der Waals surface area contributed by atoms with Crippen LogP contribution in [0, 0.1) is 0 Å². The lowest BCUT2D eigenvalue weighted by atomic mass is 10.2. The second-order valence-electron chi connectivity index (χ2n) is 5.55. The number of benzene rings is 1. The van der Waals surface area contributed by atoms with E-state index in [1.165, 1.54) is 0 Å². The van der Waals surface area contributed by atoms with Gasteiger partial charge in [0.15, 0.2) is 0 Å². The molecule has 0 aliphatic rings. The number of fused-ring (bicyclic) bond motifs is 2. The molecule has 5 rings (SSSR count). The first-order valence-corrected chi connectivity index (χ1v) is 8.39. The van der Waals surface area contributed by atoms with Crippen molar-refractivity contribution in [3.05, 3.63) is 53.7 Å². The Morgan fingerprint density at radius 2 is 1.96 bits per heavy atom. The summed E-state index contributed by atoms with van der Waals surface area (Å²) in [5.41, 5.74) is 4.72. The maximum Gasteiger partial charge on any atom is 0.236 e. The zero-order chi connectivity index (χ0) is 16.1. The molecule has 0 radical (unpaired) electrons. The van der Waals surface area contributed by atoms with E-state index in [2.05, 4.69) is 15.5 Å². The minimum absolute atomic E-state index is 0.619. The van der Waals surface area contributed by atoms with Crippen molar-refractivity contribution in [3.63, 3.8) is 0 Å². The van der Waals surface area contributed by atoms with Crippen LogP contribution in [0.5, 0.6) is 0 Å². The third-order valence-electron chi connectivity index (χ3n) is 3.98. The standard InChI is InChI=1S/C17H12N6S/c1-22-7-11(6-19-22)16-12-8-24-9-14(12)20-17(21-16)23-10-18-13-4-2-3-5-15(13)23/h2-10H,1H3. The van der Waals surface area contributed by atoms with Crippen LogP contribution >= 0.6 is 11.3 Å². The Hall–Kier alpha value is -3.06. The largest absolute Gasteiger partial charge is 0.275 e. The number of nitrogens with zero attached hydrogens (tertiary/aromatic N) is 6. The van der Waals surface area contributed by atoms with Gasteiger partial charge in [-0.2, -0.15) is 5.10 Å². The highest BCUT2D eigenvalue weighted by Gasteiger charge is 2.14. The Morgan fingerprint density at radius 3 is 2.83 bits per heavy atom. The molecule has 0 bridgehead atoms. The lowest BCUT2D eigenvalue weighted by Crippen LogP contribution is -2.01. The molecule has 5 aromatic rings. The predicted octanol–water partition coefficient (Wildman–Crippen LogP) is 3.43. The molecule has 0 aliphatic carbocycles. The molecule has 116 valence electrons. The molecule has 0 saturated heterocycles. The van der Waals surface area contributed by atoms with E-state index in [0.717, 1.165) is 33.2 Å². The van der Waals surface area contributed by atoms with Crippen molar-refractivity contribution in [2.75, 3.05) is 0 Å². The van der Waals surface area contributed by atoms with Crippen LogP contribution in [0.25, 0.3) is 39.1 Å².